The predicted molar refractivity (Wildman–Crippen MR) is 106 cm³/mol. The van der Waals surface area contributed by atoms with Crippen molar-refractivity contribution in [3.05, 3.63) is 41.7 Å². The summed E-state index contributed by atoms with van der Waals surface area (Å²) in [4.78, 5) is 4.56. The van der Waals surface area contributed by atoms with Crippen molar-refractivity contribution in [1.29, 1.82) is 0 Å². The van der Waals surface area contributed by atoms with Crippen LogP contribution in [0.25, 0.3) is 0 Å². The Balaban J connectivity index is 1.55. The Morgan fingerprint density at radius 3 is 2.42 bits per heavy atom. The van der Waals surface area contributed by atoms with Crippen LogP contribution in [0.15, 0.2) is 30.3 Å². The second kappa shape index (κ2) is 7.62. The molecule has 1 aromatic carbocycles. The lowest BCUT2D eigenvalue weighted by molar-refractivity contribution is 0.329. The van der Waals surface area contributed by atoms with E-state index in [9.17, 15) is 8.42 Å². The van der Waals surface area contributed by atoms with Crippen LogP contribution in [0.2, 0.25) is 0 Å². The van der Waals surface area contributed by atoms with Gasteiger partial charge in [-0.15, -0.1) is 0 Å². The fraction of sp³-hybridized carbons (Fsp3) is 0.556. The summed E-state index contributed by atoms with van der Waals surface area (Å²) in [5, 5.41) is 4.24. The van der Waals surface area contributed by atoms with Gasteiger partial charge in [0.25, 0.3) is 0 Å². The van der Waals surface area contributed by atoms with Crippen LogP contribution >= 0.6 is 11.5 Å². The first-order chi connectivity index (χ1) is 12.2. The maximum atomic E-state index is 12.6. The SMILES string of the molecule is CC(C)(C)c1nsc(NC2CCN(S(=O)(=O)Cc3ccccc3)CC2)n1. The third kappa shape index (κ3) is 4.81. The molecule has 0 radical (unpaired) electrons. The molecule has 0 bridgehead atoms. The lowest BCUT2D eigenvalue weighted by Crippen LogP contribution is -2.42. The van der Waals surface area contributed by atoms with E-state index >= 15 is 0 Å². The number of sulfonamides is 1. The van der Waals surface area contributed by atoms with E-state index in [2.05, 4.69) is 35.4 Å². The molecule has 26 heavy (non-hydrogen) atoms. The van der Waals surface area contributed by atoms with Gasteiger partial charge >= 0.3 is 0 Å². The first kappa shape index (κ1) is 19.3. The molecule has 3 rings (SSSR count). The number of anilines is 1. The van der Waals surface area contributed by atoms with Gasteiger partial charge in [0.05, 0.1) is 5.75 Å². The summed E-state index contributed by atoms with van der Waals surface area (Å²) in [6, 6.07) is 9.58. The van der Waals surface area contributed by atoms with E-state index < -0.39 is 10.0 Å². The highest BCUT2D eigenvalue weighted by molar-refractivity contribution is 7.88. The Labute approximate surface area is 159 Å². The zero-order chi connectivity index (χ0) is 18.8. The topological polar surface area (TPSA) is 75.2 Å². The average molecular weight is 395 g/mol. The molecule has 8 heteroatoms. The molecule has 1 aliphatic rings. The van der Waals surface area contributed by atoms with Gasteiger partial charge in [0, 0.05) is 36.1 Å². The van der Waals surface area contributed by atoms with E-state index in [4.69, 9.17) is 0 Å². The maximum Gasteiger partial charge on any atom is 0.218 e. The molecule has 0 atom stereocenters. The monoisotopic (exact) mass is 394 g/mol. The minimum atomic E-state index is -3.27. The van der Waals surface area contributed by atoms with Crippen LogP contribution in [0.4, 0.5) is 5.13 Å². The highest BCUT2D eigenvalue weighted by atomic mass is 32.2. The molecule has 2 heterocycles. The summed E-state index contributed by atoms with van der Waals surface area (Å²) in [7, 11) is -3.27. The summed E-state index contributed by atoms with van der Waals surface area (Å²) in [5.41, 5.74) is 0.766. The molecule has 2 aromatic rings. The summed E-state index contributed by atoms with van der Waals surface area (Å²) in [5.74, 6) is 0.907. The van der Waals surface area contributed by atoms with Gasteiger partial charge in [-0.1, -0.05) is 51.1 Å². The molecular weight excluding hydrogens is 368 g/mol. The standard InChI is InChI=1S/C18H26N4O2S2/c1-18(2,3)16-20-17(25-21-16)19-15-9-11-22(12-10-15)26(23,24)13-14-7-5-4-6-8-14/h4-8,15H,9-13H2,1-3H3,(H,19,20,21). The summed E-state index contributed by atoms with van der Waals surface area (Å²) in [6.45, 7) is 7.36. The highest BCUT2D eigenvalue weighted by Gasteiger charge is 2.29. The van der Waals surface area contributed by atoms with Crippen molar-refractivity contribution in [1.82, 2.24) is 13.7 Å². The number of hydrogen-bond acceptors (Lipinski definition) is 6. The van der Waals surface area contributed by atoms with Crippen molar-refractivity contribution in [2.45, 2.75) is 50.8 Å². The quantitative estimate of drug-likeness (QED) is 0.843. The summed E-state index contributed by atoms with van der Waals surface area (Å²) < 4.78 is 31.3. The van der Waals surface area contributed by atoms with Gasteiger partial charge in [0.1, 0.15) is 5.82 Å². The molecule has 1 N–H and O–H groups in total. The molecule has 6 nitrogen and oxygen atoms in total. The molecule has 0 spiro atoms. The lowest BCUT2D eigenvalue weighted by Gasteiger charge is -2.31. The summed E-state index contributed by atoms with van der Waals surface area (Å²) in [6.07, 6.45) is 1.55. The Kier molecular flexibility index (Phi) is 5.64. The second-order valence-electron chi connectivity index (χ2n) is 7.73. The molecule has 0 amide bonds. The van der Waals surface area contributed by atoms with Crippen molar-refractivity contribution in [2.24, 2.45) is 0 Å². The van der Waals surface area contributed by atoms with Crippen LogP contribution in [-0.4, -0.2) is 41.2 Å². The molecule has 0 unspecified atom stereocenters. The molecule has 1 aliphatic heterocycles. The van der Waals surface area contributed by atoms with Crippen LogP contribution in [-0.2, 0) is 21.2 Å². The zero-order valence-electron chi connectivity index (χ0n) is 15.5. The maximum absolute atomic E-state index is 12.6. The number of nitrogens with zero attached hydrogens (tertiary/aromatic N) is 3. The van der Waals surface area contributed by atoms with Crippen LogP contribution < -0.4 is 5.32 Å². The first-order valence-electron chi connectivity index (χ1n) is 8.86. The number of nitrogens with one attached hydrogen (secondary N) is 1. The van der Waals surface area contributed by atoms with E-state index in [1.54, 1.807) is 4.31 Å². The van der Waals surface area contributed by atoms with E-state index in [1.165, 1.54) is 11.5 Å². The normalized spacial score (nSPS) is 17.3. The number of aromatic nitrogens is 2. The van der Waals surface area contributed by atoms with Crippen molar-refractivity contribution in [3.63, 3.8) is 0 Å². The second-order valence-corrected chi connectivity index (χ2v) is 10.5. The van der Waals surface area contributed by atoms with Gasteiger partial charge in [-0.2, -0.15) is 4.37 Å². The Bertz CT molecular complexity index is 820. The van der Waals surface area contributed by atoms with Crippen LogP contribution in [0.3, 0.4) is 0 Å². The van der Waals surface area contributed by atoms with Crippen LogP contribution in [0.1, 0.15) is 45.0 Å². The Hall–Kier alpha value is -1.51. The lowest BCUT2D eigenvalue weighted by atomic mass is 9.96. The molecule has 1 saturated heterocycles. The molecule has 142 valence electrons. The zero-order valence-corrected chi connectivity index (χ0v) is 17.1. The highest BCUT2D eigenvalue weighted by Crippen LogP contribution is 2.25. The molecule has 0 aliphatic carbocycles. The van der Waals surface area contributed by atoms with Gasteiger partial charge in [-0.3, -0.25) is 0 Å². The predicted octanol–water partition coefficient (Wildman–Crippen LogP) is 3.24. The van der Waals surface area contributed by atoms with Gasteiger partial charge in [0.15, 0.2) is 0 Å². The molecule has 1 fully saturated rings. The Morgan fingerprint density at radius 2 is 1.85 bits per heavy atom. The number of rotatable bonds is 5. The Morgan fingerprint density at radius 1 is 1.19 bits per heavy atom. The summed E-state index contributed by atoms with van der Waals surface area (Å²) >= 11 is 1.37. The van der Waals surface area contributed by atoms with E-state index in [1.807, 2.05) is 30.3 Å². The smallest absolute Gasteiger partial charge is 0.218 e. The van der Waals surface area contributed by atoms with E-state index in [0.29, 0.717) is 13.1 Å². The van der Waals surface area contributed by atoms with Crippen LogP contribution in [0, 0.1) is 0 Å². The van der Waals surface area contributed by atoms with Crippen molar-refractivity contribution < 1.29 is 8.42 Å². The largest absolute Gasteiger partial charge is 0.357 e. The van der Waals surface area contributed by atoms with Gasteiger partial charge in [-0.25, -0.2) is 17.7 Å². The minimum Gasteiger partial charge on any atom is -0.357 e. The fourth-order valence-electron chi connectivity index (χ4n) is 2.92. The van der Waals surface area contributed by atoms with Crippen molar-refractivity contribution in [2.75, 3.05) is 18.4 Å². The van der Waals surface area contributed by atoms with Crippen LogP contribution in [0.5, 0.6) is 0 Å². The average Bonchev–Trinajstić information content (AvgIpc) is 3.05. The minimum absolute atomic E-state index is 0.0642. The number of benzene rings is 1. The van der Waals surface area contributed by atoms with Gasteiger partial charge in [0.2, 0.25) is 15.2 Å². The van der Waals surface area contributed by atoms with E-state index in [0.717, 1.165) is 29.4 Å². The van der Waals surface area contributed by atoms with Gasteiger partial charge < -0.3 is 5.32 Å². The molecule has 0 saturated carbocycles. The third-order valence-corrected chi connectivity index (χ3v) is 6.96. The van der Waals surface area contributed by atoms with Crippen molar-refractivity contribution >= 4 is 26.7 Å². The fourth-order valence-corrected chi connectivity index (χ4v) is 5.31. The first-order valence-corrected chi connectivity index (χ1v) is 11.2. The third-order valence-electron chi connectivity index (χ3n) is 4.46. The molecular formula is C18H26N4O2S2. The van der Waals surface area contributed by atoms with E-state index in [-0.39, 0.29) is 17.2 Å². The van der Waals surface area contributed by atoms with Gasteiger partial charge in [-0.05, 0) is 18.4 Å². The number of piperidine rings is 1. The number of hydrogen-bond donors (Lipinski definition) is 1. The van der Waals surface area contributed by atoms with Crippen molar-refractivity contribution in [3.8, 4) is 0 Å². The molecule has 1 aromatic heterocycles.